The van der Waals surface area contributed by atoms with Gasteiger partial charge in [-0.05, 0) is 60.7 Å². The highest BCUT2D eigenvalue weighted by Gasteiger charge is 2.40. The van der Waals surface area contributed by atoms with E-state index in [1.54, 1.807) is 18.6 Å². The molecule has 4 aromatic rings. The zero-order chi connectivity index (χ0) is 25.3. The van der Waals surface area contributed by atoms with Crippen molar-refractivity contribution in [1.29, 1.82) is 0 Å². The number of pyridine rings is 1. The number of carbonyl (C=O) groups excluding carboxylic acids is 1. The summed E-state index contributed by atoms with van der Waals surface area (Å²) in [5, 5.41) is 8.25. The van der Waals surface area contributed by atoms with Gasteiger partial charge >= 0.3 is 6.18 Å². The van der Waals surface area contributed by atoms with Gasteiger partial charge in [-0.1, -0.05) is 29.5 Å². The number of benzene rings is 2. The summed E-state index contributed by atoms with van der Waals surface area (Å²) in [7, 11) is 0. The average Bonchev–Trinajstić information content (AvgIpc) is 3.29. The maximum absolute atomic E-state index is 14.5. The quantitative estimate of drug-likeness (QED) is 0.359. The summed E-state index contributed by atoms with van der Waals surface area (Å²) in [4.78, 5) is 17.9. The molecule has 2 aromatic heterocycles. The first-order valence-corrected chi connectivity index (χ1v) is 11.3. The van der Waals surface area contributed by atoms with Crippen LogP contribution in [0.4, 0.5) is 23.2 Å². The molecule has 10 heteroatoms. The number of rotatable bonds is 5. The molecule has 36 heavy (non-hydrogen) atoms. The summed E-state index contributed by atoms with van der Waals surface area (Å²) in [6.45, 7) is -1.52. The van der Waals surface area contributed by atoms with Gasteiger partial charge in [0.25, 0.3) is 5.91 Å². The molecule has 184 valence electrons. The minimum absolute atomic E-state index is 0.0658. The van der Waals surface area contributed by atoms with Crippen molar-refractivity contribution in [3.8, 4) is 11.3 Å². The van der Waals surface area contributed by atoms with Crippen LogP contribution >= 0.6 is 0 Å². The zero-order valence-electron chi connectivity index (χ0n) is 19.0. The topological polar surface area (TPSA) is 63.9 Å². The van der Waals surface area contributed by atoms with Crippen molar-refractivity contribution in [1.82, 2.24) is 20.0 Å². The van der Waals surface area contributed by atoms with Gasteiger partial charge in [-0.15, -0.1) is 5.10 Å². The molecule has 0 fully saturated rings. The van der Waals surface area contributed by atoms with E-state index in [-0.39, 0.29) is 24.1 Å². The van der Waals surface area contributed by atoms with Crippen molar-refractivity contribution in [2.24, 2.45) is 0 Å². The number of alkyl halides is 3. The van der Waals surface area contributed by atoms with Crippen LogP contribution in [0, 0.1) is 5.82 Å². The Morgan fingerprint density at radius 1 is 1.00 bits per heavy atom. The fourth-order valence-electron chi connectivity index (χ4n) is 4.48. The Bertz CT molecular complexity index is 1390. The zero-order valence-corrected chi connectivity index (χ0v) is 19.0. The Balaban J connectivity index is 1.44. The molecular formula is C26H21F4N5O. The number of carbonyl (C=O) groups is 1. The molecule has 6 nitrogen and oxygen atoms in total. The summed E-state index contributed by atoms with van der Waals surface area (Å²) in [6.07, 6.45) is 1.20. The molecule has 1 unspecified atom stereocenters. The first kappa shape index (κ1) is 23.7. The van der Waals surface area contributed by atoms with Crippen LogP contribution < -0.4 is 4.90 Å². The fourth-order valence-corrected chi connectivity index (χ4v) is 4.48. The second-order valence-electron chi connectivity index (χ2n) is 8.65. The van der Waals surface area contributed by atoms with Crippen molar-refractivity contribution in [2.75, 3.05) is 11.4 Å². The Morgan fingerprint density at radius 3 is 2.56 bits per heavy atom. The van der Waals surface area contributed by atoms with Crippen molar-refractivity contribution < 1.29 is 22.4 Å². The number of hydrogen-bond acceptors (Lipinski definition) is 4. The molecule has 0 radical (unpaired) electrons. The summed E-state index contributed by atoms with van der Waals surface area (Å²) in [5.74, 6) is -1.45. The number of aromatic nitrogens is 4. The van der Waals surface area contributed by atoms with Crippen LogP contribution in [-0.4, -0.2) is 38.6 Å². The molecule has 5 rings (SSSR count). The lowest BCUT2D eigenvalue weighted by Gasteiger charge is -2.26. The third kappa shape index (κ3) is 4.98. The minimum Gasteiger partial charge on any atom is -0.301 e. The van der Waals surface area contributed by atoms with E-state index in [0.29, 0.717) is 17.0 Å². The van der Waals surface area contributed by atoms with Gasteiger partial charge < -0.3 is 4.90 Å². The molecule has 0 N–H and O–H groups in total. The highest BCUT2D eigenvalue weighted by molar-refractivity contribution is 5.97. The van der Waals surface area contributed by atoms with Crippen molar-refractivity contribution in [2.45, 2.75) is 31.5 Å². The molecule has 0 saturated carbocycles. The average molecular weight is 495 g/mol. The smallest absolute Gasteiger partial charge is 0.301 e. The van der Waals surface area contributed by atoms with E-state index in [0.717, 1.165) is 16.7 Å². The molecule has 1 atom stereocenters. The Morgan fingerprint density at radius 2 is 1.78 bits per heavy atom. The van der Waals surface area contributed by atoms with Crippen LogP contribution in [-0.2, 0) is 17.6 Å². The molecule has 0 saturated heterocycles. The van der Waals surface area contributed by atoms with Crippen LogP contribution in [0.3, 0.4) is 0 Å². The van der Waals surface area contributed by atoms with Crippen molar-refractivity contribution in [3.63, 3.8) is 0 Å². The highest BCUT2D eigenvalue weighted by atomic mass is 19.4. The SMILES string of the molecule is O=C1C(n2cc(-c3cccc(Cc4ccncc4)c3)nn2)CCc2c(F)cccc2N1CC(F)(F)F. The number of halogens is 4. The van der Waals surface area contributed by atoms with Gasteiger partial charge in [0.05, 0.1) is 11.9 Å². The molecular weight excluding hydrogens is 474 g/mol. The summed E-state index contributed by atoms with van der Waals surface area (Å²) in [5.41, 5.74) is 3.38. The number of hydrogen-bond donors (Lipinski definition) is 0. The van der Waals surface area contributed by atoms with E-state index in [1.807, 2.05) is 36.4 Å². The van der Waals surface area contributed by atoms with Crippen LogP contribution in [0.5, 0.6) is 0 Å². The third-order valence-electron chi connectivity index (χ3n) is 6.15. The predicted molar refractivity (Wildman–Crippen MR) is 125 cm³/mol. The van der Waals surface area contributed by atoms with Gasteiger partial charge in [-0.2, -0.15) is 13.2 Å². The number of nitrogens with zero attached hydrogens (tertiary/aromatic N) is 5. The van der Waals surface area contributed by atoms with Gasteiger partial charge in [0.1, 0.15) is 24.1 Å². The lowest BCUT2D eigenvalue weighted by molar-refractivity contribution is -0.134. The summed E-state index contributed by atoms with van der Waals surface area (Å²) >= 11 is 0. The van der Waals surface area contributed by atoms with Crippen LogP contribution in [0.15, 0.2) is 73.2 Å². The van der Waals surface area contributed by atoms with Gasteiger partial charge in [0, 0.05) is 23.5 Å². The van der Waals surface area contributed by atoms with Crippen molar-refractivity contribution >= 4 is 11.6 Å². The normalized spacial score (nSPS) is 16.1. The van der Waals surface area contributed by atoms with Gasteiger partial charge in [0.2, 0.25) is 0 Å². The second kappa shape index (κ2) is 9.52. The molecule has 1 amide bonds. The van der Waals surface area contributed by atoms with E-state index in [9.17, 15) is 22.4 Å². The van der Waals surface area contributed by atoms with E-state index in [2.05, 4.69) is 15.3 Å². The summed E-state index contributed by atoms with van der Waals surface area (Å²) in [6, 6.07) is 14.3. The lowest BCUT2D eigenvalue weighted by atomic mass is 10.0. The molecule has 1 aliphatic rings. The van der Waals surface area contributed by atoms with Crippen molar-refractivity contribution in [3.05, 3.63) is 95.7 Å². The van der Waals surface area contributed by atoms with E-state index in [4.69, 9.17) is 0 Å². The summed E-state index contributed by atoms with van der Waals surface area (Å²) < 4.78 is 55.8. The predicted octanol–water partition coefficient (Wildman–Crippen LogP) is 5.15. The number of amides is 1. The van der Waals surface area contributed by atoms with E-state index in [1.165, 1.54) is 22.9 Å². The second-order valence-corrected chi connectivity index (χ2v) is 8.65. The Kier molecular flexibility index (Phi) is 6.26. The minimum atomic E-state index is -4.66. The monoisotopic (exact) mass is 495 g/mol. The van der Waals surface area contributed by atoms with Gasteiger partial charge in [-0.25, -0.2) is 9.07 Å². The molecule has 1 aliphatic heterocycles. The Hall–Kier alpha value is -4.08. The van der Waals surface area contributed by atoms with Gasteiger partial charge in [0.15, 0.2) is 0 Å². The molecule has 3 heterocycles. The van der Waals surface area contributed by atoms with Crippen LogP contribution in [0.2, 0.25) is 0 Å². The number of anilines is 1. The maximum atomic E-state index is 14.5. The fraction of sp³-hybridized carbons (Fsp3) is 0.231. The lowest BCUT2D eigenvalue weighted by Crippen LogP contribution is -2.42. The van der Waals surface area contributed by atoms with E-state index >= 15 is 0 Å². The van der Waals surface area contributed by atoms with Gasteiger partial charge in [-0.3, -0.25) is 9.78 Å². The molecule has 0 spiro atoms. The first-order chi connectivity index (χ1) is 17.3. The largest absolute Gasteiger partial charge is 0.406 e. The highest BCUT2D eigenvalue weighted by Crippen LogP contribution is 2.35. The first-order valence-electron chi connectivity index (χ1n) is 11.3. The maximum Gasteiger partial charge on any atom is 0.406 e. The number of fused-ring (bicyclic) bond motifs is 1. The molecule has 0 aliphatic carbocycles. The Labute approximate surface area is 204 Å². The molecule has 2 aromatic carbocycles. The van der Waals surface area contributed by atoms with E-state index < -0.39 is 30.5 Å². The standard InChI is InChI=1S/C26H21F4N5O/c27-21-5-2-6-23-20(21)7-8-24(25(36)34(23)16-26(28,29)30)35-15-22(32-33-35)19-4-1-3-18(14-19)13-17-9-11-31-12-10-17/h1-6,9-12,14-15,24H,7-8,13,16H2. The van der Waals surface area contributed by atoms with Crippen LogP contribution in [0.1, 0.15) is 29.2 Å². The molecule has 0 bridgehead atoms. The van der Waals surface area contributed by atoms with Crippen LogP contribution in [0.25, 0.3) is 11.3 Å². The third-order valence-corrected chi connectivity index (χ3v) is 6.15.